The van der Waals surface area contributed by atoms with Gasteiger partial charge in [-0.15, -0.1) is 11.8 Å². The van der Waals surface area contributed by atoms with Crippen LogP contribution in [-0.4, -0.2) is 27.3 Å². The summed E-state index contributed by atoms with van der Waals surface area (Å²) >= 11 is 1.39. The predicted octanol–water partition coefficient (Wildman–Crippen LogP) is 1.80. The third-order valence-corrected chi connectivity index (χ3v) is 3.64. The highest BCUT2D eigenvalue weighted by atomic mass is 32.2. The molecule has 0 aliphatic carbocycles. The van der Waals surface area contributed by atoms with Gasteiger partial charge in [0.05, 0.1) is 0 Å². The third kappa shape index (κ3) is 1.65. The molecule has 0 spiro atoms. The molecule has 1 atom stereocenters. The molecule has 0 aromatic rings. The number of hydrogen-bond acceptors (Lipinski definition) is 3. The van der Waals surface area contributed by atoms with Gasteiger partial charge < -0.3 is 5.11 Å². The first kappa shape index (κ1) is 11.3. The first-order valence-corrected chi connectivity index (χ1v) is 6.09. The molecule has 1 fully saturated rings. The van der Waals surface area contributed by atoms with E-state index in [2.05, 4.69) is 13.8 Å². The number of carboxylic acids is 1. The zero-order chi connectivity index (χ0) is 11.9. The van der Waals surface area contributed by atoms with Gasteiger partial charge in [-0.1, -0.05) is 19.9 Å². The van der Waals surface area contributed by atoms with Crippen LogP contribution in [0.15, 0.2) is 22.8 Å². The van der Waals surface area contributed by atoms with Crippen LogP contribution in [0.2, 0.25) is 0 Å². The molecule has 1 saturated heterocycles. The van der Waals surface area contributed by atoms with Crippen molar-refractivity contribution in [3.63, 3.8) is 0 Å². The number of hydrogen-bond donors (Lipinski definition) is 1. The number of carbonyl (C=O) groups is 2. The van der Waals surface area contributed by atoms with Crippen LogP contribution in [0.3, 0.4) is 0 Å². The number of rotatable bonds is 3. The molecule has 0 radical (unpaired) electrons. The molecular formula is C11H13NO3S. The highest BCUT2D eigenvalue weighted by molar-refractivity contribution is 8.03. The predicted molar refractivity (Wildman–Crippen MR) is 61.5 cm³/mol. The van der Waals surface area contributed by atoms with Crippen LogP contribution in [0.4, 0.5) is 0 Å². The fourth-order valence-electron chi connectivity index (χ4n) is 1.68. The van der Waals surface area contributed by atoms with E-state index in [-0.39, 0.29) is 17.0 Å². The normalized spacial score (nSPS) is 25.8. The van der Waals surface area contributed by atoms with Gasteiger partial charge in [-0.05, 0) is 12.3 Å². The highest BCUT2D eigenvalue weighted by Crippen LogP contribution is 2.44. The number of carboxylic acid groups (broad SMARTS) is 1. The molecule has 2 heterocycles. The molecule has 2 aliphatic heterocycles. The molecule has 1 amide bonds. The number of aliphatic carboxylic acids is 1. The summed E-state index contributed by atoms with van der Waals surface area (Å²) in [6.07, 6.45) is 2.79. The van der Waals surface area contributed by atoms with E-state index in [1.54, 1.807) is 5.41 Å². The standard InChI is InChI=1S/C11H13NO3S/c1-6(2)3-4-7-9(13)12-8(11(14)15)5-16-10(7)12/h4-6,10H,3H2,1-2H3,(H,14,15)/b7-4-/t10-/m1/s1. The molecule has 2 aliphatic rings. The van der Waals surface area contributed by atoms with Crippen molar-refractivity contribution in [3.8, 4) is 0 Å². The van der Waals surface area contributed by atoms with E-state index < -0.39 is 5.97 Å². The van der Waals surface area contributed by atoms with Crippen molar-refractivity contribution in [2.24, 2.45) is 5.92 Å². The average Bonchev–Trinajstić information content (AvgIpc) is 2.57. The summed E-state index contributed by atoms with van der Waals surface area (Å²) in [6, 6.07) is 0. The lowest BCUT2D eigenvalue weighted by molar-refractivity contribution is -0.141. The number of amides is 1. The summed E-state index contributed by atoms with van der Waals surface area (Å²) in [6.45, 7) is 4.17. The quantitative estimate of drug-likeness (QED) is 0.602. The minimum atomic E-state index is -1.04. The summed E-state index contributed by atoms with van der Waals surface area (Å²) in [5.74, 6) is -0.691. The number of β-lactam (4-membered cyclic amide) rings is 1. The molecule has 86 valence electrons. The van der Waals surface area contributed by atoms with Crippen molar-refractivity contribution in [2.75, 3.05) is 0 Å². The zero-order valence-electron chi connectivity index (χ0n) is 9.14. The van der Waals surface area contributed by atoms with E-state index in [1.165, 1.54) is 16.7 Å². The number of carbonyl (C=O) groups excluding carboxylic acids is 1. The molecule has 1 N–H and O–H groups in total. The Balaban J connectivity index is 2.10. The second-order valence-corrected chi connectivity index (χ2v) is 5.22. The fraction of sp³-hybridized carbons (Fsp3) is 0.455. The van der Waals surface area contributed by atoms with Gasteiger partial charge in [-0.3, -0.25) is 9.69 Å². The molecular weight excluding hydrogens is 226 g/mol. The number of nitrogens with zero attached hydrogens (tertiary/aromatic N) is 1. The van der Waals surface area contributed by atoms with Crippen LogP contribution in [0.1, 0.15) is 20.3 Å². The van der Waals surface area contributed by atoms with Gasteiger partial charge in [0.25, 0.3) is 5.91 Å². The Morgan fingerprint density at radius 3 is 2.94 bits per heavy atom. The lowest BCUT2D eigenvalue weighted by atomic mass is 10.0. The molecule has 0 unspecified atom stereocenters. The topological polar surface area (TPSA) is 57.6 Å². The Morgan fingerprint density at radius 2 is 2.38 bits per heavy atom. The van der Waals surface area contributed by atoms with Crippen LogP contribution in [-0.2, 0) is 9.59 Å². The lowest BCUT2D eigenvalue weighted by Crippen LogP contribution is -2.51. The first-order chi connectivity index (χ1) is 7.52. The molecule has 4 nitrogen and oxygen atoms in total. The lowest BCUT2D eigenvalue weighted by Gasteiger charge is -2.37. The van der Waals surface area contributed by atoms with E-state index in [0.717, 1.165) is 12.0 Å². The third-order valence-electron chi connectivity index (χ3n) is 2.56. The summed E-state index contributed by atoms with van der Waals surface area (Å²) in [4.78, 5) is 23.9. The molecule has 0 saturated carbocycles. The maximum absolute atomic E-state index is 11.7. The minimum Gasteiger partial charge on any atom is -0.477 e. The van der Waals surface area contributed by atoms with Crippen molar-refractivity contribution in [1.29, 1.82) is 0 Å². The van der Waals surface area contributed by atoms with Gasteiger partial charge in [-0.2, -0.15) is 0 Å². The van der Waals surface area contributed by atoms with Crippen LogP contribution >= 0.6 is 11.8 Å². The van der Waals surface area contributed by atoms with Crippen molar-refractivity contribution < 1.29 is 14.7 Å². The number of allylic oxidation sites excluding steroid dienone is 1. The van der Waals surface area contributed by atoms with Crippen molar-refractivity contribution >= 4 is 23.6 Å². The Hall–Kier alpha value is -1.23. The van der Waals surface area contributed by atoms with E-state index >= 15 is 0 Å². The Morgan fingerprint density at radius 1 is 1.69 bits per heavy atom. The van der Waals surface area contributed by atoms with Crippen LogP contribution in [0.25, 0.3) is 0 Å². The SMILES string of the molecule is CC(C)C/C=C1/C(=O)N2C(C(=O)O)=CS[C@H]12. The van der Waals surface area contributed by atoms with E-state index in [1.807, 2.05) is 6.08 Å². The van der Waals surface area contributed by atoms with Crippen molar-refractivity contribution in [3.05, 3.63) is 22.8 Å². The number of thioether (sulfide) groups is 1. The minimum absolute atomic E-state index is 0.0988. The molecule has 0 aromatic heterocycles. The average molecular weight is 239 g/mol. The van der Waals surface area contributed by atoms with E-state index in [9.17, 15) is 9.59 Å². The maximum Gasteiger partial charge on any atom is 0.353 e. The van der Waals surface area contributed by atoms with Crippen LogP contribution in [0, 0.1) is 5.92 Å². The Bertz CT molecular complexity index is 411. The molecule has 2 rings (SSSR count). The van der Waals surface area contributed by atoms with Crippen molar-refractivity contribution in [1.82, 2.24) is 4.90 Å². The van der Waals surface area contributed by atoms with Gasteiger partial charge in [0.2, 0.25) is 0 Å². The monoisotopic (exact) mass is 239 g/mol. The van der Waals surface area contributed by atoms with Gasteiger partial charge >= 0.3 is 5.97 Å². The second-order valence-electron chi connectivity index (χ2n) is 4.26. The smallest absolute Gasteiger partial charge is 0.353 e. The summed E-state index contributed by atoms with van der Waals surface area (Å²) in [7, 11) is 0. The summed E-state index contributed by atoms with van der Waals surface area (Å²) in [5.41, 5.74) is 0.841. The van der Waals surface area contributed by atoms with Crippen LogP contribution in [0.5, 0.6) is 0 Å². The molecule has 0 aromatic carbocycles. The summed E-state index contributed by atoms with van der Waals surface area (Å²) < 4.78 is 0. The highest BCUT2D eigenvalue weighted by Gasteiger charge is 2.49. The Kier molecular flexibility index (Phi) is 2.80. The van der Waals surface area contributed by atoms with Gasteiger partial charge in [0, 0.05) is 11.0 Å². The molecule has 16 heavy (non-hydrogen) atoms. The Labute approximate surface area is 98.0 Å². The number of fused-ring (bicyclic) bond motifs is 1. The fourth-order valence-corrected chi connectivity index (χ4v) is 2.83. The molecule has 5 heteroatoms. The van der Waals surface area contributed by atoms with Gasteiger partial charge in [-0.25, -0.2) is 4.79 Å². The van der Waals surface area contributed by atoms with Gasteiger partial charge in [0.15, 0.2) is 0 Å². The largest absolute Gasteiger partial charge is 0.477 e. The van der Waals surface area contributed by atoms with E-state index in [4.69, 9.17) is 5.11 Å². The molecule has 0 bridgehead atoms. The zero-order valence-corrected chi connectivity index (χ0v) is 9.95. The van der Waals surface area contributed by atoms with Gasteiger partial charge in [0.1, 0.15) is 11.1 Å². The van der Waals surface area contributed by atoms with E-state index in [0.29, 0.717) is 5.92 Å². The second kappa shape index (κ2) is 3.97. The first-order valence-electron chi connectivity index (χ1n) is 5.15. The van der Waals surface area contributed by atoms with Crippen LogP contribution < -0.4 is 0 Å². The van der Waals surface area contributed by atoms with Crippen molar-refractivity contribution in [2.45, 2.75) is 25.6 Å². The summed E-state index contributed by atoms with van der Waals surface area (Å²) in [5, 5.41) is 10.3. The maximum atomic E-state index is 11.7.